The molecule has 1 aromatic heterocycles. The number of aliphatic carboxylic acids is 1. The summed E-state index contributed by atoms with van der Waals surface area (Å²) >= 11 is 0. The fraction of sp³-hybridized carbons (Fsp3) is 0.150. The Hall–Kier alpha value is -3.89. The molecule has 0 saturated carbocycles. The summed E-state index contributed by atoms with van der Waals surface area (Å²) in [5, 5.41) is 13.9. The number of alkyl halides is 3. The van der Waals surface area contributed by atoms with Crippen LogP contribution < -0.4 is 10.9 Å². The zero-order valence-electron chi connectivity index (χ0n) is 15.6. The highest BCUT2D eigenvalue weighted by Gasteiger charge is 2.31. The maximum atomic E-state index is 13.1. The van der Waals surface area contributed by atoms with Gasteiger partial charge in [-0.25, -0.2) is 9.07 Å². The number of nitrogens with one attached hydrogen (secondary N) is 2. The minimum absolute atomic E-state index is 0.0640. The van der Waals surface area contributed by atoms with Gasteiger partial charge in [-0.2, -0.15) is 13.2 Å². The molecule has 0 unspecified atom stereocenters. The number of H-pyrrole nitrogens is 1. The molecule has 3 aromatic rings. The molecule has 0 saturated heterocycles. The van der Waals surface area contributed by atoms with Gasteiger partial charge in [0.2, 0.25) is 0 Å². The first kappa shape index (κ1) is 21.8. The maximum Gasteiger partial charge on any atom is 0.416 e. The Bertz CT molecular complexity index is 1170. The molecule has 0 spiro atoms. The fourth-order valence-corrected chi connectivity index (χ4v) is 2.89. The summed E-state index contributed by atoms with van der Waals surface area (Å²) in [4.78, 5) is 35.9. The molecule has 1 amide bonds. The number of halogens is 4. The minimum atomic E-state index is -4.65. The van der Waals surface area contributed by atoms with Crippen LogP contribution in [0.4, 0.5) is 17.6 Å². The predicted octanol–water partition coefficient (Wildman–Crippen LogP) is 3.27. The molecule has 0 fully saturated rings. The Kier molecular flexibility index (Phi) is 5.95. The number of carbonyl (C=O) groups is 2. The Morgan fingerprint density at radius 1 is 1.10 bits per heavy atom. The topological polar surface area (TPSA) is 104 Å². The van der Waals surface area contributed by atoms with E-state index in [2.05, 4.69) is 10.4 Å². The van der Waals surface area contributed by atoms with Gasteiger partial charge in [0, 0.05) is 6.07 Å². The van der Waals surface area contributed by atoms with Crippen molar-refractivity contribution in [2.24, 2.45) is 0 Å². The second-order valence-electron chi connectivity index (χ2n) is 6.57. The molecule has 0 aliphatic carbocycles. The van der Waals surface area contributed by atoms with E-state index in [0.29, 0.717) is 0 Å². The third kappa shape index (κ3) is 5.18. The van der Waals surface area contributed by atoms with E-state index < -0.39 is 47.5 Å². The molecule has 0 bridgehead atoms. The highest BCUT2D eigenvalue weighted by atomic mass is 19.4. The first-order chi connectivity index (χ1) is 14.5. The fourth-order valence-electron chi connectivity index (χ4n) is 2.89. The molecule has 1 atom stereocenters. The number of amides is 1. The number of carboxylic acid groups (broad SMARTS) is 1. The maximum absolute atomic E-state index is 13.1. The molecule has 31 heavy (non-hydrogen) atoms. The quantitative estimate of drug-likeness (QED) is 0.515. The summed E-state index contributed by atoms with van der Waals surface area (Å²) in [7, 11) is 0. The van der Waals surface area contributed by atoms with Gasteiger partial charge in [0.15, 0.2) is 0 Å². The number of aromatic amines is 1. The summed E-state index contributed by atoms with van der Waals surface area (Å²) in [6, 6.07) is 8.39. The number of benzene rings is 2. The third-order valence-corrected chi connectivity index (χ3v) is 4.35. The lowest BCUT2D eigenvalue weighted by atomic mass is 10.0. The number of carbonyl (C=O) groups excluding carboxylic acids is 1. The molecule has 1 heterocycles. The molecule has 3 rings (SSSR count). The van der Waals surface area contributed by atoms with Crippen LogP contribution in [0.1, 0.15) is 34.1 Å². The zero-order valence-corrected chi connectivity index (χ0v) is 15.6. The number of hydrogen-bond acceptors (Lipinski definition) is 3. The minimum Gasteiger partial charge on any atom is -0.481 e. The Labute approximate surface area is 171 Å². The van der Waals surface area contributed by atoms with Crippen LogP contribution in [-0.4, -0.2) is 26.8 Å². The van der Waals surface area contributed by atoms with E-state index in [1.54, 1.807) is 0 Å². The number of carboxylic acids is 1. The second kappa shape index (κ2) is 8.46. The van der Waals surface area contributed by atoms with Crippen LogP contribution in [0.15, 0.2) is 59.4 Å². The van der Waals surface area contributed by atoms with Gasteiger partial charge < -0.3 is 10.4 Å². The Balaban J connectivity index is 1.88. The molecular formula is C20H15F4N3O4. The number of hydrogen-bond donors (Lipinski definition) is 3. The third-order valence-electron chi connectivity index (χ3n) is 4.35. The van der Waals surface area contributed by atoms with E-state index in [-0.39, 0.29) is 16.9 Å². The van der Waals surface area contributed by atoms with Gasteiger partial charge in [0.25, 0.3) is 11.5 Å². The molecule has 2 aromatic carbocycles. The van der Waals surface area contributed by atoms with Crippen LogP contribution >= 0.6 is 0 Å². The summed E-state index contributed by atoms with van der Waals surface area (Å²) in [6.45, 7) is 0. The van der Waals surface area contributed by atoms with E-state index in [1.807, 2.05) is 0 Å². The normalized spacial score (nSPS) is 12.4. The van der Waals surface area contributed by atoms with Crippen molar-refractivity contribution in [2.45, 2.75) is 18.6 Å². The van der Waals surface area contributed by atoms with Crippen LogP contribution in [0.25, 0.3) is 5.69 Å². The van der Waals surface area contributed by atoms with E-state index in [1.165, 1.54) is 18.2 Å². The van der Waals surface area contributed by atoms with Gasteiger partial charge in [0.1, 0.15) is 11.5 Å². The Morgan fingerprint density at radius 2 is 1.77 bits per heavy atom. The average molecular weight is 437 g/mol. The molecule has 11 heteroatoms. The Morgan fingerprint density at radius 3 is 2.39 bits per heavy atom. The SMILES string of the molecule is O=C(O)C[C@H](NC(=O)c1cc(=O)n(-c2ccc(F)cc2)[nH]1)c1cccc(C(F)(F)F)c1. The summed E-state index contributed by atoms with van der Waals surface area (Å²) in [5.41, 5.74) is -1.72. The standard InChI is InChI=1S/C20H15F4N3O4/c21-13-4-6-14(7-5-13)27-17(28)9-16(26-27)19(31)25-15(10-18(29)30)11-2-1-3-12(8-11)20(22,23)24/h1-9,15,26H,10H2,(H,25,31)(H,29,30)/t15-/m0/s1. The molecule has 162 valence electrons. The van der Waals surface area contributed by atoms with Crippen molar-refractivity contribution < 1.29 is 32.3 Å². The summed E-state index contributed by atoms with van der Waals surface area (Å²) in [6.07, 6.45) is -5.33. The van der Waals surface area contributed by atoms with Crippen molar-refractivity contribution in [3.05, 3.63) is 87.6 Å². The van der Waals surface area contributed by atoms with Gasteiger partial charge in [0.05, 0.1) is 23.7 Å². The van der Waals surface area contributed by atoms with E-state index in [4.69, 9.17) is 5.11 Å². The van der Waals surface area contributed by atoms with Crippen LogP contribution in [0.2, 0.25) is 0 Å². The van der Waals surface area contributed by atoms with Crippen molar-refractivity contribution in [3.63, 3.8) is 0 Å². The lowest BCUT2D eigenvalue weighted by Crippen LogP contribution is -2.30. The van der Waals surface area contributed by atoms with Crippen molar-refractivity contribution in [1.82, 2.24) is 15.1 Å². The van der Waals surface area contributed by atoms with Crippen LogP contribution in [0, 0.1) is 5.82 Å². The second-order valence-corrected chi connectivity index (χ2v) is 6.57. The van der Waals surface area contributed by atoms with E-state index in [9.17, 15) is 31.9 Å². The summed E-state index contributed by atoms with van der Waals surface area (Å²) in [5.74, 6) is -2.78. The first-order valence-electron chi connectivity index (χ1n) is 8.82. The zero-order chi connectivity index (χ0) is 22.8. The van der Waals surface area contributed by atoms with Gasteiger partial charge >= 0.3 is 12.1 Å². The summed E-state index contributed by atoms with van der Waals surface area (Å²) < 4.78 is 53.0. The first-order valence-corrected chi connectivity index (χ1v) is 8.82. The van der Waals surface area contributed by atoms with E-state index in [0.717, 1.165) is 41.1 Å². The molecule has 0 aliphatic rings. The van der Waals surface area contributed by atoms with Gasteiger partial charge in [-0.1, -0.05) is 12.1 Å². The predicted molar refractivity (Wildman–Crippen MR) is 100 cm³/mol. The van der Waals surface area contributed by atoms with Crippen molar-refractivity contribution in [2.75, 3.05) is 0 Å². The average Bonchev–Trinajstić information content (AvgIpc) is 3.09. The molecule has 3 N–H and O–H groups in total. The smallest absolute Gasteiger partial charge is 0.416 e. The van der Waals surface area contributed by atoms with Crippen LogP contribution in [0.3, 0.4) is 0 Å². The van der Waals surface area contributed by atoms with Crippen molar-refractivity contribution in [3.8, 4) is 5.69 Å². The van der Waals surface area contributed by atoms with Crippen LogP contribution in [-0.2, 0) is 11.0 Å². The van der Waals surface area contributed by atoms with Gasteiger partial charge in [-0.15, -0.1) is 0 Å². The van der Waals surface area contributed by atoms with Crippen molar-refractivity contribution >= 4 is 11.9 Å². The lowest BCUT2D eigenvalue weighted by Gasteiger charge is -2.18. The number of aromatic nitrogens is 2. The highest BCUT2D eigenvalue weighted by Crippen LogP contribution is 2.31. The molecule has 7 nitrogen and oxygen atoms in total. The number of rotatable bonds is 6. The van der Waals surface area contributed by atoms with Crippen molar-refractivity contribution in [1.29, 1.82) is 0 Å². The largest absolute Gasteiger partial charge is 0.481 e. The highest BCUT2D eigenvalue weighted by molar-refractivity contribution is 5.92. The number of nitrogens with zero attached hydrogens (tertiary/aromatic N) is 1. The van der Waals surface area contributed by atoms with Gasteiger partial charge in [-0.3, -0.25) is 19.5 Å². The van der Waals surface area contributed by atoms with Crippen LogP contribution in [0.5, 0.6) is 0 Å². The lowest BCUT2D eigenvalue weighted by molar-refractivity contribution is -0.138. The molecule has 0 radical (unpaired) electrons. The molecular weight excluding hydrogens is 422 g/mol. The van der Waals surface area contributed by atoms with Gasteiger partial charge in [-0.05, 0) is 42.0 Å². The van der Waals surface area contributed by atoms with E-state index >= 15 is 0 Å². The molecule has 0 aliphatic heterocycles. The monoisotopic (exact) mass is 437 g/mol.